The Hall–Kier alpha value is -0.450. The molecule has 0 saturated heterocycles. The lowest BCUT2D eigenvalue weighted by Gasteiger charge is -1.96. The maximum Gasteiger partial charge on any atom is 0.118 e. The second kappa shape index (κ2) is 3.51. The summed E-state index contributed by atoms with van der Waals surface area (Å²) in [5, 5.41) is 13.0. The Morgan fingerprint density at radius 2 is 2.50 bits per heavy atom. The van der Waals surface area contributed by atoms with E-state index in [-0.39, 0.29) is 6.61 Å². The molecule has 2 rings (SSSR count). The van der Waals surface area contributed by atoms with Gasteiger partial charge in [-0.1, -0.05) is 0 Å². The van der Waals surface area contributed by atoms with Gasteiger partial charge in [-0.2, -0.15) is 0 Å². The minimum Gasteiger partial charge on any atom is -0.389 e. The quantitative estimate of drug-likeness (QED) is 0.730. The van der Waals surface area contributed by atoms with Crippen molar-refractivity contribution in [1.29, 1.82) is 0 Å². The molecule has 1 saturated carbocycles. The van der Waals surface area contributed by atoms with Gasteiger partial charge in [0.15, 0.2) is 0 Å². The van der Waals surface area contributed by atoms with E-state index in [1.165, 1.54) is 17.7 Å². The number of thiazole rings is 1. The number of aliphatic hydroxyl groups excluding tert-OH is 1. The molecule has 4 heteroatoms. The van der Waals surface area contributed by atoms with E-state index in [2.05, 4.69) is 10.3 Å². The summed E-state index contributed by atoms with van der Waals surface area (Å²) >= 11 is 1.58. The van der Waals surface area contributed by atoms with Gasteiger partial charge in [-0.3, -0.25) is 0 Å². The van der Waals surface area contributed by atoms with Crippen LogP contribution in [0, 0.1) is 0 Å². The van der Waals surface area contributed by atoms with Gasteiger partial charge in [0.25, 0.3) is 0 Å². The van der Waals surface area contributed by atoms with E-state index in [0.29, 0.717) is 0 Å². The van der Waals surface area contributed by atoms with Crippen LogP contribution >= 0.6 is 11.3 Å². The van der Waals surface area contributed by atoms with Crippen molar-refractivity contribution in [1.82, 2.24) is 10.3 Å². The van der Waals surface area contributed by atoms with Gasteiger partial charge in [0.05, 0.1) is 6.61 Å². The number of nitrogens with zero attached hydrogens (tertiary/aromatic N) is 1. The van der Waals surface area contributed by atoms with Crippen LogP contribution in [0.4, 0.5) is 0 Å². The van der Waals surface area contributed by atoms with Gasteiger partial charge in [0.2, 0.25) is 0 Å². The molecule has 1 heterocycles. The third-order valence-electron chi connectivity index (χ3n) is 1.88. The smallest absolute Gasteiger partial charge is 0.118 e. The van der Waals surface area contributed by atoms with E-state index in [9.17, 15) is 0 Å². The van der Waals surface area contributed by atoms with Gasteiger partial charge < -0.3 is 10.4 Å². The predicted molar refractivity (Wildman–Crippen MR) is 47.9 cm³/mol. The van der Waals surface area contributed by atoms with Crippen LogP contribution in [0.15, 0.2) is 6.20 Å². The second-order valence-corrected chi connectivity index (χ2v) is 4.23. The number of aromatic nitrogens is 1. The molecule has 1 aliphatic rings. The number of aliphatic hydroxyl groups is 1. The average molecular weight is 184 g/mol. The van der Waals surface area contributed by atoms with Crippen LogP contribution in [0.2, 0.25) is 0 Å². The first-order valence-electron chi connectivity index (χ1n) is 4.16. The van der Waals surface area contributed by atoms with Gasteiger partial charge in [-0.15, -0.1) is 11.3 Å². The topological polar surface area (TPSA) is 45.2 Å². The molecular formula is C8H12N2OS. The highest BCUT2D eigenvalue weighted by Gasteiger charge is 2.20. The van der Waals surface area contributed by atoms with Crippen LogP contribution in [0.25, 0.3) is 0 Å². The van der Waals surface area contributed by atoms with Crippen molar-refractivity contribution < 1.29 is 5.11 Å². The summed E-state index contributed by atoms with van der Waals surface area (Å²) in [5.74, 6) is 0. The first kappa shape index (κ1) is 8.16. The zero-order valence-electron chi connectivity index (χ0n) is 6.79. The van der Waals surface area contributed by atoms with Crippen LogP contribution in [0.1, 0.15) is 22.7 Å². The van der Waals surface area contributed by atoms with Crippen molar-refractivity contribution in [2.75, 3.05) is 0 Å². The molecule has 0 aromatic carbocycles. The molecule has 2 N–H and O–H groups in total. The SMILES string of the molecule is OCc1ncc(CNC2CC2)s1. The molecule has 1 aromatic rings. The Balaban J connectivity index is 1.84. The van der Waals surface area contributed by atoms with Gasteiger partial charge in [-0.25, -0.2) is 4.98 Å². The average Bonchev–Trinajstić information content (AvgIpc) is 2.81. The lowest BCUT2D eigenvalue weighted by Crippen LogP contribution is -2.14. The van der Waals surface area contributed by atoms with Gasteiger partial charge in [-0.05, 0) is 12.8 Å². The van der Waals surface area contributed by atoms with Crippen LogP contribution in [0.5, 0.6) is 0 Å². The number of rotatable bonds is 4. The highest BCUT2D eigenvalue weighted by molar-refractivity contribution is 7.11. The van der Waals surface area contributed by atoms with Crippen molar-refractivity contribution >= 4 is 11.3 Å². The molecule has 0 amide bonds. The molecule has 0 bridgehead atoms. The van der Waals surface area contributed by atoms with Gasteiger partial charge >= 0.3 is 0 Å². The molecule has 1 aromatic heterocycles. The molecule has 1 aliphatic carbocycles. The fourth-order valence-corrected chi connectivity index (χ4v) is 1.77. The van der Waals surface area contributed by atoms with Crippen LogP contribution in [0.3, 0.4) is 0 Å². The Bertz CT molecular complexity index is 257. The molecule has 3 nitrogen and oxygen atoms in total. The zero-order chi connectivity index (χ0) is 8.39. The normalized spacial score (nSPS) is 16.8. The molecule has 0 spiro atoms. The lowest BCUT2D eigenvalue weighted by molar-refractivity contribution is 0.281. The molecule has 0 atom stereocenters. The highest BCUT2D eigenvalue weighted by Crippen LogP contribution is 2.20. The fourth-order valence-electron chi connectivity index (χ4n) is 1.04. The largest absolute Gasteiger partial charge is 0.389 e. The number of nitrogens with one attached hydrogen (secondary N) is 1. The van der Waals surface area contributed by atoms with Crippen molar-refractivity contribution in [3.8, 4) is 0 Å². The monoisotopic (exact) mass is 184 g/mol. The molecule has 1 fully saturated rings. The number of hydrogen-bond acceptors (Lipinski definition) is 4. The zero-order valence-corrected chi connectivity index (χ0v) is 7.60. The summed E-state index contributed by atoms with van der Waals surface area (Å²) < 4.78 is 0. The number of hydrogen-bond donors (Lipinski definition) is 2. The fraction of sp³-hybridized carbons (Fsp3) is 0.625. The van der Waals surface area contributed by atoms with E-state index < -0.39 is 0 Å². The Labute approximate surface area is 75.5 Å². The van der Waals surface area contributed by atoms with Crippen LogP contribution in [-0.4, -0.2) is 16.1 Å². The highest BCUT2D eigenvalue weighted by atomic mass is 32.1. The Morgan fingerprint density at radius 3 is 3.08 bits per heavy atom. The molecule has 0 aliphatic heterocycles. The van der Waals surface area contributed by atoms with Gasteiger partial charge in [0, 0.05) is 23.7 Å². The third kappa shape index (κ3) is 2.03. The van der Waals surface area contributed by atoms with E-state index in [1.807, 2.05) is 6.20 Å². The van der Waals surface area contributed by atoms with Crippen LogP contribution in [-0.2, 0) is 13.2 Å². The minimum absolute atomic E-state index is 0.0636. The van der Waals surface area contributed by atoms with Crippen molar-refractivity contribution in [2.45, 2.75) is 32.0 Å². The van der Waals surface area contributed by atoms with Crippen molar-refractivity contribution in [3.05, 3.63) is 16.1 Å². The summed E-state index contributed by atoms with van der Waals surface area (Å²) in [7, 11) is 0. The van der Waals surface area contributed by atoms with Crippen molar-refractivity contribution in [3.63, 3.8) is 0 Å². The molecule has 66 valence electrons. The maximum absolute atomic E-state index is 8.77. The first-order chi connectivity index (χ1) is 5.88. The predicted octanol–water partition coefficient (Wildman–Crippen LogP) is 0.887. The Morgan fingerprint density at radius 1 is 1.67 bits per heavy atom. The van der Waals surface area contributed by atoms with E-state index in [4.69, 9.17) is 5.11 Å². The summed E-state index contributed by atoms with van der Waals surface area (Å²) in [6, 6.07) is 0.740. The molecule has 0 radical (unpaired) electrons. The summed E-state index contributed by atoms with van der Waals surface area (Å²) in [5.41, 5.74) is 0. The van der Waals surface area contributed by atoms with Gasteiger partial charge in [0.1, 0.15) is 5.01 Å². The Kier molecular flexibility index (Phi) is 2.39. The van der Waals surface area contributed by atoms with Crippen molar-refractivity contribution in [2.24, 2.45) is 0 Å². The lowest BCUT2D eigenvalue weighted by atomic mass is 10.5. The standard InChI is InChI=1S/C8H12N2OS/c11-5-8-10-4-7(12-8)3-9-6-1-2-6/h4,6,9,11H,1-3,5H2. The van der Waals surface area contributed by atoms with E-state index >= 15 is 0 Å². The van der Waals surface area contributed by atoms with Crippen LogP contribution < -0.4 is 5.32 Å². The first-order valence-corrected chi connectivity index (χ1v) is 4.98. The third-order valence-corrected chi connectivity index (χ3v) is 2.86. The summed E-state index contributed by atoms with van der Waals surface area (Å²) in [6.45, 7) is 0.969. The minimum atomic E-state index is 0.0636. The maximum atomic E-state index is 8.77. The molecule has 12 heavy (non-hydrogen) atoms. The molecule has 0 unspecified atom stereocenters. The summed E-state index contributed by atoms with van der Waals surface area (Å²) in [4.78, 5) is 5.28. The van der Waals surface area contributed by atoms with E-state index in [1.54, 1.807) is 11.3 Å². The summed E-state index contributed by atoms with van der Waals surface area (Å²) in [6.07, 6.45) is 4.46. The second-order valence-electron chi connectivity index (χ2n) is 3.03. The molecular weight excluding hydrogens is 172 g/mol. The van der Waals surface area contributed by atoms with E-state index in [0.717, 1.165) is 17.6 Å².